The molecule has 0 bridgehead atoms. The Kier molecular flexibility index (Phi) is 5.88. The Bertz CT molecular complexity index is 541. The van der Waals surface area contributed by atoms with E-state index in [9.17, 15) is 14.0 Å². The van der Waals surface area contributed by atoms with Crippen molar-refractivity contribution in [2.24, 2.45) is 5.92 Å². The number of esters is 1. The van der Waals surface area contributed by atoms with Crippen LogP contribution in [0, 0.1) is 18.7 Å². The van der Waals surface area contributed by atoms with E-state index in [1.807, 2.05) is 6.92 Å². The number of ether oxygens (including phenoxy) is 1. The van der Waals surface area contributed by atoms with Gasteiger partial charge >= 0.3 is 5.97 Å². The third kappa shape index (κ3) is 4.03. The Hall–Kier alpha value is -1.91. The quantitative estimate of drug-likeness (QED) is 0.850. The number of methoxy groups -OCH3 is 1. The zero-order valence-electron chi connectivity index (χ0n) is 13.1. The molecule has 1 aromatic rings. The van der Waals surface area contributed by atoms with Gasteiger partial charge in [0, 0.05) is 0 Å². The third-order valence-electron chi connectivity index (χ3n) is 3.46. The van der Waals surface area contributed by atoms with Crippen LogP contribution < -0.4 is 5.32 Å². The maximum atomic E-state index is 14.0. The summed E-state index contributed by atoms with van der Waals surface area (Å²) < 4.78 is 18.6. The van der Waals surface area contributed by atoms with Gasteiger partial charge in [-0.3, -0.25) is 4.79 Å². The van der Waals surface area contributed by atoms with Gasteiger partial charge in [0.1, 0.15) is 11.9 Å². The van der Waals surface area contributed by atoms with Gasteiger partial charge in [-0.15, -0.1) is 0 Å². The zero-order chi connectivity index (χ0) is 16.2. The summed E-state index contributed by atoms with van der Waals surface area (Å²) in [5.74, 6) is -1.89. The molecule has 21 heavy (non-hydrogen) atoms. The van der Waals surface area contributed by atoms with E-state index in [2.05, 4.69) is 10.1 Å². The van der Waals surface area contributed by atoms with Crippen molar-refractivity contribution in [3.63, 3.8) is 0 Å². The van der Waals surface area contributed by atoms with Crippen LogP contribution >= 0.6 is 0 Å². The Labute approximate surface area is 124 Å². The van der Waals surface area contributed by atoms with Crippen molar-refractivity contribution in [2.75, 3.05) is 7.11 Å². The molecule has 0 radical (unpaired) electrons. The average Bonchev–Trinajstić information content (AvgIpc) is 2.43. The molecule has 0 heterocycles. The number of rotatable bonds is 5. The first-order chi connectivity index (χ1) is 9.81. The normalized spacial score (nSPS) is 12.1. The third-order valence-corrected chi connectivity index (χ3v) is 3.46. The molecule has 0 saturated heterocycles. The van der Waals surface area contributed by atoms with Crippen LogP contribution in [0.3, 0.4) is 0 Å². The molecule has 0 aromatic heterocycles. The molecule has 0 fully saturated rings. The molecular formula is C16H22FNO3. The number of halogens is 1. The summed E-state index contributed by atoms with van der Waals surface area (Å²) in [6, 6.07) is 2.08. The first kappa shape index (κ1) is 17.1. The Balaban J connectivity index is 3.05. The molecule has 0 aliphatic rings. The van der Waals surface area contributed by atoms with Gasteiger partial charge < -0.3 is 10.1 Å². The van der Waals surface area contributed by atoms with Crippen LogP contribution in [0.25, 0.3) is 0 Å². The first-order valence-corrected chi connectivity index (χ1v) is 6.99. The molecule has 0 aliphatic heterocycles. The van der Waals surface area contributed by atoms with Crippen LogP contribution in [0.1, 0.15) is 42.3 Å². The van der Waals surface area contributed by atoms with Gasteiger partial charge in [0.25, 0.3) is 5.91 Å². The minimum absolute atomic E-state index is 0.0491. The van der Waals surface area contributed by atoms with E-state index in [0.717, 1.165) is 11.1 Å². The fourth-order valence-corrected chi connectivity index (χ4v) is 2.12. The van der Waals surface area contributed by atoms with E-state index < -0.39 is 23.7 Å². The topological polar surface area (TPSA) is 55.4 Å². The molecule has 5 heteroatoms. The molecule has 0 unspecified atom stereocenters. The Morgan fingerprint density at radius 2 is 1.95 bits per heavy atom. The van der Waals surface area contributed by atoms with Crippen molar-refractivity contribution in [1.29, 1.82) is 0 Å². The maximum absolute atomic E-state index is 14.0. The highest BCUT2D eigenvalue weighted by atomic mass is 19.1. The number of carbonyl (C=O) groups is 2. The van der Waals surface area contributed by atoms with Crippen molar-refractivity contribution in [3.8, 4) is 0 Å². The van der Waals surface area contributed by atoms with Crippen LogP contribution in [0.2, 0.25) is 0 Å². The van der Waals surface area contributed by atoms with E-state index in [1.54, 1.807) is 20.8 Å². The minimum atomic E-state index is -0.798. The van der Waals surface area contributed by atoms with Crippen molar-refractivity contribution >= 4 is 11.9 Å². The van der Waals surface area contributed by atoms with Crippen molar-refractivity contribution in [2.45, 2.75) is 40.2 Å². The number of hydrogen-bond acceptors (Lipinski definition) is 3. The molecule has 1 aromatic carbocycles. The molecule has 1 amide bonds. The minimum Gasteiger partial charge on any atom is -0.467 e. The molecule has 116 valence electrons. The van der Waals surface area contributed by atoms with Gasteiger partial charge in [-0.2, -0.15) is 0 Å². The summed E-state index contributed by atoms with van der Waals surface area (Å²) in [6.45, 7) is 7.30. The lowest BCUT2D eigenvalue weighted by Crippen LogP contribution is -2.45. The van der Waals surface area contributed by atoms with Gasteiger partial charge in [-0.1, -0.05) is 20.8 Å². The van der Waals surface area contributed by atoms with E-state index in [0.29, 0.717) is 6.42 Å². The molecule has 1 atom stereocenters. The lowest BCUT2D eigenvalue weighted by Gasteiger charge is -2.20. The monoisotopic (exact) mass is 295 g/mol. The van der Waals surface area contributed by atoms with Gasteiger partial charge in [0.2, 0.25) is 0 Å². The highest BCUT2D eigenvalue weighted by Crippen LogP contribution is 2.17. The molecular weight excluding hydrogens is 273 g/mol. The molecule has 1 N–H and O–H groups in total. The highest BCUT2D eigenvalue weighted by molar-refractivity contribution is 5.97. The van der Waals surface area contributed by atoms with Crippen LogP contribution in [-0.4, -0.2) is 25.0 Å². The lowest BCUT2D eigenvalue weighted by molar-refractivity contribution is -0.144. The fourth-order valence-electron chi connectivity index (χ4n) is 2.12. The fraction of sp³-hybridized carbons (Fsp3) is 0.500. The summed E-state index contributed by atoms with van der Waals surface area (Å²) >= 11 is 0. The van der Waals surface area contributed by atoms with Crippen molar-refractivity contribution < 1.29 is 18.7 Å². The second-order valence-electron chi connectivity index (χ2n) is 5.33. The van der Waals surface area contributed by atoms with E-state index in [4.69, 9.17) is 0 Å². The highest BCUT2D eigenvalue weighted by Gasteiger charge is 2.26. The van der Waals surface area contributed by atoms with Crippen molar-refractivity contribution in [1.82, 2.24) is 5.32 Å². The summed E-state index contributed by atoms with van der Waals surface area (Å²) in [7, 11) is 1.26. The predicted octanol–water partition coefficient (Wildman–Crippen LogP) is 2.62. The van der Waals surface area contributed by atoms with E-state index >= 15 is 0 Å². The standard InChI is InChI=1S/C16H22FNO3/c1-6-11-8-12(13(17)7-10(11)4)15(19)18-14(9(2)3)16(20)21-5/h7-9,14H,6H2,1-5H3,(H,18,19)/t14-/m1/s1. The number of nitrogens with one attached hydrogen (secondary N) is 1. The van der Waals surface area contributed by atoms with Crippen LogP contribution in [-0.2, 0) is 16.0 Å². The average molecular weight is 295 g/mol. The number of carbonyl (C=O) groups excluding carboxylic acids is 2. The number of hydrogen-bond donors (Lipinski definition) is 1. The zero-order valence-corrected chi connectivity index (χ0v) is 13.1. The summed E-state index contributed by atoms with van der Waals surface area (Å²) in [4.78, 5) is 23.9. The molecule has 0 saturated carbocycles. The Morgan fingerprint density at radius 3 is 2.43 bits per heavy atom. The molecule has 1 rings (SSSR count). The first-order valence-electron chi connectivity index (χ1n) is 6.99. The summed E-state index contributed by atoms with van der Waals surface area (Å²) in [6.07, 6.45) is 0.705. The number of amides is 1. The van der Waals surface area contributed by atoms with Crippen LogP contribution in [0.4, 0.5) is 4.39 Å². The predicted molar refractivity (Wildman–Crippen MR) is 78.6 cm³/mol. The SMILES string of the molecule is CCc1cc(C(=O)N[C@@H](C(=O)OC)C(C)C)c(F)cc1C. The van der Waals surface area contributed by atoms with Gasteiger partial charge in [0.05, 0.1) is 12.7 Å². The van der Waals surface area contributed by atoms with Gasteiger partial charge in [0.15, 0.2) is 0 Å². The van der Waals surface area contributed by atoms with Crippen molar-refractivity contribution in [3.05, 3.63) is 34.6 Å². The number of aryl methyl sites for hydroxylation is 2. The van der Waals surface area contributed by atoms with E-state index in [1.165, 1.54) is 19.2 Å². The summed E-state index contributed by atoms with van der Waals surface area (Å²) in [5.41, 5.74) is 1.66. The molecule has 4 nitrogen and oxygen atoms in total. The van der Waals surface area contributed by atoms with Gasteiger partial charge in [-0.25, -0.2) is 9.18 Å². The van der Waals surface area contributed by atoms with Crippen LogP contribution in [0.5, 0.6) is 0 Å². The maximum Gasteiger partial charge on any atom is 0.328 e. The number of benzene rings is 1. The lowest BCUT2D eigenvalue weighted by atomic mass is 10.0. The second kappa shape index (κ2) is 7.20. The second-order valence-corrected chi connectivity index (χ2v) is 5.33. The molecule has 0 spiro atoms. The Morgan fingerprint density at radius 1 is 1.33 bits per heavy atom. The van der Waals surface area contributed by atoms with Gasteiger partial charge in [-0.05, 0) is 42.5 Å². The molecule has 0 aliphatic carbocycles. The van der Waals surface area contributed by atoms with Crippen LogP contribution in [0.15, 0.2) is 12.1 Å². The summed E-state index contributed by atoms with van der Waals surface area (Å²) in [5, 5.41) is 2.54. The smallest absolute Gasteiger partial charge is 0.328 e. The van der Waals surface area contributed by atoms with E-state index in [-0.39, 0.29) is 11.5 Å². The largest absolute Gasteiger partial charge is 0.467 e.